The molecule has 1 aliphatic rings. The van der Waals surface area contributed by atoms with Crippen LogP contribution in [-0.2, 0) is 18.6 Å². The quantitative estimate of drug-likeness (QED) is 0.475. The second-order valence-electron chi connectivity index (χ2n) is 6.14. The SMILES string of the molecule is COc1cc(C)c(CSc2ncnc3sc4c(c23)CCC4)cc1OC. The molecule has 3 aromatic rings. The van der Waals surface area contributed by atoms with E-state index in [9.17, 15) is 0 Å². The minimum Gasteiger partial charge on any atom is -0.493 e. The molecule has 0 atom stereocenters. The van der Waals surface area contributed by atoms with Gasteiger partial charge in [0.2, 0.25) is 0 Å². The molecule has 0 saturated heterocycles. The molecular formula is C19H20N2O2S2. The summed E-state index contributed by atoms with van der Waals surface area (Å²) in [6.45, 7) is 2.11. The number of aromatic nitrogens is 2. The summed E-state index contributed by atoms with van der Waals surface area (Å²) in [5, 5.41) is 2.38. The molecule has 0 saturated carbocycles. The molecule has 0 bridgehead atoms. The van der Waals surface area contributed by atoms with Crippen LogP contribution in [0.1, 0.15) is 28.0 Å². The number of hydrogen-bond acceptors (Lipinski definition) is 6. The lowest BCUT2D eigenvalue weighted by atomic mass is 10.1. The van der Waals surface area contributed by atoms with Crippen molar-refractivity contribution in [3.63, 3.8) is 0 Å². The van der Waals surface area contributed by atoms with Crippen LogP contribution in [0.15, 0.2) is 23.5 Å². The highest BCUT2D eigenvalue weighted by molar-refractivity contribution is 7.98. The Kier molecular flexibility index (Phi) is 4.56. The number of aryl methyl sites for hydroxylation is 3. The summed E-state index contributed by atoms with van der Waals surface area (Å²) in [5.74, 6) is 2.39. The summed E-state index contributed by atoms with van der Waals surface area (Å²) in [6, 6.07) is 4.10. The average molecular weight is 373 g/mol. The molecule has 0 fully saturated rings. The molecule has 0 amide bonds. The van der Waals surface area contributed by atoms with Crippen molar-refractivity contribution in [2.75, 3.05) is 14.2 Å². The van der Waals surface area contributed by atoms with Crippen LogP contribution in [0.25, 0.3) is 10.2 Å². The Morgan fingerprint density at radius 3 is 2.72 bits per heavy atom. The molecule has 4 rings (SSSR count). The van der Waals surface area contributed by atoms with Gasteiger partial charge in [-0.15, -0.1) is 23.1 Å². The zero-order valence-corrected chi connectivity index (χ0v) is 16.2. The van der Waals surface area contributed by atoms with Gasteiger partial charge in [-0.2, -0.15) is 0 Å². The van der Waals surface area contributed by atoms with E-state index in [1.54, 1.807) is 32.3 Å². The van der Waals surface area contributed by atoms with E-state index < -0.39 is 0 Å². The molecule has 130 valence electrons. The highest BCUT2D eigenvalue weighted by Gasteiger charge is 2.21. The number of thioether (sulfide) groups is 1. The molecule has 4 nitrogen and oxygen atoms in total. The number of nitrogens with zero attached hydrogens (tertiary/aromatic N) is 2. The molecule has 0 aliphatic heterocycles. The third-order valence-corrected chi connectivity index (χ3v) is 6.91. The molecule has 0 radical (unpaired) electrons. The van der Waals surface area contributed by atoms with Crippen LogP contribution >= 0.6 is 23.1 Å². The van der Waals surface area contributed by atoms with E-state index in [0.29, 0.717) is 0 Å². The third kappa shape index (κ3) is 2.98. The van der Waals surface area contributed by atoms with Crippen LogP contribution in [0, 0.1) is 6.92 Å². The summed E-state index contributed by atoms with van der Waals surface area (Å²) >= 11 is 3.62. The second-order valence-corrected chi connectivity index (χ2v) is 8.19. The maximum Gasteiger partial charge on any atom is 0.161 e. The van der Waals surface area contributed by atoms with E-state index in [-0.39, 0.29) is 0 Å². The lowest BCUT2D eigenvalue weighted by Gasteiger charge is -2.12. The number of fused-ring (bicyclic) bond motifs is 3. The first-order chi connectivity index (χ1) is 12.2. The Morgan fingerprint density at radius 2 is 1.92 bits per heavy atom. The van der Waals surface area contributed by atoms with Gasteiger partial charge in [0, 0.05) is 16.0 Å². The molecule has 0 spiro atoms. The van der Waals surface area contributed by atoms with E-state index in [2.05, 4.69) is 23.0 Å². The first-order valence-corrected chi connectivity index (χ1v) is 10.1. The minimum absolute atomic E-state index is 0.771. The van der Waals surface area contributed by atoms with Gasteiger partial charge in [-0.25, -0.2) is 9.97 Å². The first-order valence-electron chi connectivity index (χ1n) is 8.30. The summed E-state index contributed by atoms with van der Waals surface area (Å²) in [6.07, 6.45) is 5.30. The van der Waals surface area contributed by atoms with E-state index >= 15 is 0 Å². The number of rotatable bonds is 5. The van der Waals surface area contributed by atoms with Crippen molar-refractivity contribution in [2.45, 2.75) is 37.0 Å². The Bertz CT molecular complexity index is 937. The van der Waals surface area contributed by atoms with Crippen LogP contribution < -0.4 is 9.47 Å². The van der Waals surface area contributed by atoms with E-state index in [1.807, 2.05) is 17.4 Å². The zero-order chi connectivity index (χ0) is 17.4. The maximum absolute atomic E-state index is 5.44. The van der Waals surface area contributed by atoms with Gasteiger partial charge < -0.3 is 9.47 Å². The lowest BCUT2D eigenvalue weighted by Crippen LogP contribution is -1.95. The van der Waals surface area contributed by atoms with Crippen molar-refractivity contribution >= 4 is 33.3 Å². The summed E-state index contributed by atoms with van der Waals surface area (Å²) in [7, 11) is 3.34. The Hall–Kier alpha value is -1.79. The molecular weight excluding hydrogens is 352 g/mol. The van der Waals surface area contributed by atoms with Crippen LogP contribution in [0.4, 0.5) is 0 Å². The van der Waals surface area contributed by atoms with Gasteiger partial charge in [-0.3, -0.25) is 0 Å². The van der Waals surface area contributed by atoms with Crippen molar-refractivity contribution in [1.29, 1.82) is 0 Å². The fourth-order valence-corrected chi connectivity index (χ4v) is 5.72. The fourth-order valence-electron chi connectivity index (χ4n) is 3.33. The van der Waals surface area contributed by atoms with Crippen LogP contribution in [0.5, 0.6) is 11.5 Å². The van der Waals surface area contributed by atoms with Crippen molar-refractivity contribution in [3.05, 3.63) is 40.0 Å². The number of thiophene rings is 1. The molecule has 2 heterocycles. The predicted octanol–water partition coefficient (Wildman–Crippen LogP) is 4.80. The third-order valence-electron chi connectivity index (χ3n) is 4.67. The summed E-state index contributed by atoms with van der Waals surface area (Å²) < 4.78 is 10.8. The zero-order valence-electron chi connectivity index (χ0n) is 14.6. The molecule has 0 N–H and O–H groups in total. The first kappa shape index (κ1) is 16.7. The lowest BCUT2D eigenvalue weighted by molar-refractivity contribution is 0.354. The standard InChI is InChI=1S/C19H20N2O2S2/c1-11-7-14(22-2)15(23-3)8-12(11)9-24-18-17-13-5-4-6-16(13)25-19(17)21-10-20-18/h7-8,10H,4-6,9H2,1-3H3. The Labute approximate surface area is 155 Å². The number of ether oxygens (including phenoxy) is 2. The number of methoxy groups -OCH3 is 2. The average Bonchev–Trinajstić information content (AvgIpc) is 3.21. The molecule has 1 aromatic carbocycles. The van der Waals surface area contributed by atoms with Crippen molar-refractivity contribution in [3.8, 4) is 11.5 Å². The van der Waals surface area contributed by atoms with Gasteiger partial charge in [0.25, 0.3) is 0 Å². The van der Waals surface area contributed by atoms with Crippen molar-refractivity contribution in [1.82, 2.24) is 9.97 Å². The van der Waals surface area contributed by atoms with Crippen molar-refractivity contribution in [2.24, 2.45) is 0 Å². The van der Waals surface area contributed by atoms with Gasteiger partial charge in [-0.1, -0.05) is 0 Å². The van der Waals surface area contributed by atoms with Crippen LogP contribution in [0.3, 0.4) is 0 Å². The highest BCUT2D eigenvalue weighted by atomic mass is 32.2. The van der Waals surface area contributed by atoms with Crippen molar-refractivity contribution < 1.29 is 9.47 Å². The van der Waals surface area contributed by atoms with Crippen LogP contribution in [-0.4, -0.2) is 24.2 Å². The van der Waals surface area contributed by atoms with E-state index in [0.717, 1.165) is 33.5 Å². The molecule has 2 aromatic heterocycles. The fraction of sp³-hybridized carbons (Fsp3) is 0.368. The topological polar surface area (TPSA) is 44.2 Å². The van der Waals surface area contributed by atoms with Gasteiger partial charge >= 0.3 is 0 Å². The predicted molar refractivity (Wildman–Crippen MR) is 103 cm³/mol. The molecule has 0 unspecified atom stereocenters. The summed E-state index contributed by atoms with van der Waals surface area (Å²) in [5.41, 5.74) is 3.92. The number of benzene rings is 1. The summed E-state index contributed by atoms with van der Waals surface area (Å²) in [4.78, 5) is 11.7. The molecule has 25 heavy (non-hydrogen) atoms. The van der Waals surface area contributed by atoms with Gasteiger partial charge in [-0.05, 0) is 55.0 Å². The van der Waals surface area contributed by atoms with Gasteiger partial charge in [0.1, 0.15) is 16.2 Å². The smallest absolute Gasteiger partial charge is 0.161 e. The van der Waals surface area contributed by atoms with Gasteiger partial charge in [0.05, 0.1) is 14.2 Å². The monoisotopic (exact) mass is 372 g/mol. The van der Waals surface area contributed by atoms with E-state index in [4.69, 9.17) is 9.47 Å². The normalized spacial score (nSPS) is 13.2. The second kappa shape index (κ2) is 6.84. The maximum atomic E-state index is 5.44. The largest absolute Gasteiger partial charge is 0.493 e. The Morgan fingerprint density at radius 1 is 1.12 bits per heavy atom. The minimum atomic E-state index is 0.771. The molecule has 1 aliphatic carbocycles. The molecule has 6 heteroatoms. The Balaban J connectivity index is 1.65. The van der Waals surface area contributed by atoms with Gasteiger partial charge in [0.15, 0.2) is 11.5 Å². The van der Waals surface area contributed by atoms with Crippen LogP contribution in [0.2, 0.25) is 0 Å². The number of hydrogen-bond donors (Lipinski definition) is 0. The van der Waals surface area contributed by atoms with E-state index in [1.165, 1.54) is 39.8 Å². The highest BCUT2D eigenvalue weighted by Crippen LogP contribution is 2.41.